The lowest BCUT2D eigenvalue weighted by atomic mass is 10.1. The van der Waals surface area contributed by atoms with Crippen molar-refractivity contribution < 1.29 is 4.42 Å². The summed E-state index contributed by atoms with van der Waals surface area (Å²) in [5.41, 5.74) is 4.16. The molecule has 84 valence electrons. The number of nitrogens with zero attached hydrogens (tertiary/aromatic N) is 1. The molecule has 3 heteroatoms. The van der Waals surface area contributed by atoms with E-state index in [2.05, 4.69) is 35.3 Å². The van der Waals surface area contributed by atoms with Crippen molar-refractivity contribution in [1.29, 1.82) is 0 Å². The number of H-pyrrole nitrogens is 1. The molecule has 0 bridgehead atoms. The van der Waals surface area contributed by atoms with Gasteiger partial charge in [-0.3, -0.25) is 5.10 Å². The monoisotopic (exact) mass is 224 g/mol. The van der Waals surface area contributed by atoms with Crippen molar-refractivity contribution in [3.8, 4) is 22.7 Å². The van der Waals surface area contributed by atoms with Gasteiger partial charge in [0.25, 0.3) is 0 Å². The van der Waals surface area contributed by atoms with Gasteiger partial charge in [0.1, 0.15) is 5.69 Å². The highest BCUT2D eigenvalue weighted by atomic mass is 16.3. The summed E-state index contributed by atoms with van der Waals surface area (Å²) in [5, 5.41) is 7.28. The van der Waals surface area contributed by atoms with E-state index >= 15 is 0 Å². The Kier molecular flexibility index (Phi) is 2.29. The summed E-state index contributed by atoms with van der Waals surface area (Å²) in [6.07, 6.45) is 1.66. The average molecular weight is 224 g/mol. The molecule has 3 aromatic rings. The summed E-state index contributed by atoms with van der Waals surface area (Å²) in [6, 6.07) is 14.0. The largest absolute Gasteiger partial charge is 0.463 e. The van der Waals surface area contributed by atoms with Gasteiger partial charge in [0.2, 0.25) is 0 Å². The standard InChI is InChI=1S/C14H12N2O/c1-10-4-2-5-11(8-10)12-9-13(16-15-12)14-6-3-7-17-14/h2-9H,1H3,(H,15,16). The molecule has 0 aliphatic rings. The summed E-state index contributed by atoms with van der Waals surface area (Å²) >= 11 is 0. The number of furan rings is 1. The van der Waals surface area contributed by atoms with Crippen molar-refractivity contribution in [2.75, 3.05) is 0 Å². The maximum atomic E-state index is 5.32. The highest BCUT2D eigenvalue weighted by molar-refractivity contribution is 5.66. The van der Waals surface area contributed by atoms with Crippen LogP contribution < -0.4 is 0 Å². The SMILES string of the molecule is Cc1cccc(-c2cc(-c3ccco3)[nH]n2)c1. The lowest BCUT2D eigenvalue weighted by Crippen LogP contribution is -1.78. The van der Waals surface area contributed by atoms with Crippen molar-refractivity contribution >= 4 is 0 Å². The predicted molar refractivity (Wildman–Crippen MR) is 66.5 cm³/mol. The Labute approximate surface area is 99.1 Å². The maximum absolute atomic E-state index is 5.32. The van der Waals surface area contributed by atoms with Crippen LogP contribution in [0.25, 0.3) is 22.7 Å². The maximum Gasteiger partial charge on any atom is 0.151 e. The third kappa shape index (κ3) is 1.87. The predicted octanol–water partition coefficient (Wildman–Crippen LogP) is 3.65. The Morgan fingerprint density at radius 2 is 2.06 bits per heavy atom. The first-order valence-corrected chi connectivity index (χ1v) is 5.49. The molecule has 1 N–H and O–H groups in total. The molecule has 2 aromatic heterocycles. The van der Waals surface area contributed by atoms with Crippen molar-refractivity contribution in [1.82, 2.24) is 10.2 Å². The number of hydrogen-bond donors (Lipinski definition) is 1. The van der Waals surface area contributed by atoms with E-state index in [0.717, 1.165) is 22.7 Å². The first-order valence-electron chi connectivity index (χ1n) is 5.49. The summed E-state index contributed by atoms with van der Waals surface area (Å²) in [5.74, 6) is 0.802. The second-order valence-corrected chi connectivity index (χ2v) is 4.01. The van der Waals surface area contributed by atoms with Crippen molar-refractivity contribution in [2.45, 2.75) is 6.92 Å². The normalized spacial score (nSPS) is 10.6. The fraction of sp³-hybridized carbons (Fsp3) is 0.0714. The van der Waals surface area contributed by atoms with E-state index in [1.807, 2.05) is 24.3 Å². The molecular weight excluding hydrogens is 212 g/mol. The van der Waals surface area contributed by atoms with Gasteiger partial charge in [-0.2, -0.15) is 5.10 Å². The zero-order valence-corrected chi connectivity index (χ0v) is 9.47. The number of aromatic amines is 1. The van der Waals surface area contributed by atoms with Gasteiger partial charge in [-0.15, -0.1) is 0 Å². The topological polar surface area (TPSA) is 41.8 Å². The molecule has 0 spiro atoms. The number of benzene rings is 1. The van der Waals surface area contributed by atoms with Crippen LogP contribution in [0.3, 0.4) is 0 Å². The van der Waals surface area contributed by atoms with Crippen LogP contribution in [0, 0.1) is 6.92 Å². The second-order valence-electron chi connectivity index (χ2n) is 4.01. The van der Waals surface area contributed by atoms with E-state index in [-0.39, 0.29) is 0 Å². The molecule has 0 radical (unpaired) electrons. The van der Waals surface area contributed by atoms with E-state index in [4.69, 9.17) is 4.42 Å². The molecule has 0 saturated heterocycles. The lowest BCUT2D eigenvalue weighted by Gasteiger charge is -1.96. The van der Waals surface area contributed by atoms with Gasteiger partial charge in [-0.05, 0) is 31.2 Å². The average Bonchev–Trinajstić information content (AvgIpc) is 3.00. The minimum absolute atomic E-state index is 0.802. The fourth-order valence-electron chi connectivity index (χ4n) is 1.83. The molecule has 17 heavy (non-hydrogen) atoms. The van der Waals surface area contributed by atoms with Crippen LogP contribution in [-0.2, 0) is 0 Å². The van der Waals surface area contributed by atoms with E-state index in [9.17, 15) is 0 Å². The number of hydrogen-bond acceptors (Lipinski definition) is 2. The van der Waals surface area contributed by atoms with Crippen LogP contribution in [0.15, 0.2) is 53.1 Å². The molecule has 0 amide bonds. The molecule has 0 unspecified atom stereocenters. The molecule has 0 aliphatic carbocycles. The number of aryl methyl sites for hydroxylation is 1. The third-order valence-electron chi connectivity index (χ3n) is 2.68. The van der Waals surface area contributed by atoms with Crippen LogP contribution in [0.5, 0.6) is 0 Å². The third-order valence-corrected chi connectivity index (χ3v) is 2.68. The van der Waals surface area contributed by atoms with Crippen LogP contribution in [-0.4, -0.2) is 10.2 Å². The molecule has 0 fully saturated rings. The van der Waals surface area contributed by atoms with Gasteiger partial charge in [0.05, 0.1) is 12.0 Å². The molecule has 0 aliphatic heterocycles. The second kappa shape index (κ2) is 3.94. The molecular formula is C14H12N2O. The highest BCUT2D eigenvalue weighted by Gasteiger charge is 2.07. The van der Waals surface area contributed by atoms with Crippen LogP contribution in [0.1, 0.15) is 5.56 Å². The Morgan fingerprint density at radius 1 is 1.12 bits per heavy atom. The van der Waals surface area contributed by atoms with Crippen LogP contribution >= 0.6 is 0 Å². The van der Waals surface area contributed by atoms with Crippen LogP contribution in [0.4, 0.5) is 0 Å². The fourth-order valence-corrected chi connectivity index (χ4v) is 1.83. The summed E-state index contributed by atoms with van der Waals surface area (Å²) in [6.45, 7) is 2.07. The van der Waals surface area contributed by atoms with Gasteiger partial charge >= 0.3 is 0 Å². The van der Waals surface area contributed by atoms with E-state index in [1.54, 1.807) is 6.26 Å². The molecule has 2 heterocycles. The van der Waals surface area contributed by atoms with E-state index in [0.29, 0.717) is 0 Å². The first kappa shape index (κ1) is 9.90. The minimum Gasteiger partial charge on any atom is -0.463 e. The van der Waals surface area contributed by atoms with Gasteiger partial charge in [0, 0.05) is 5.56 Å². The Balaban J connectivity index is 2.01. The van der Waals surface area contributed by atoms with E-state index in [1.165, 1.54) is 5.56 Å². The smallest absolute Gasteiger partial charge is 0.151 e. The van der Waals surface area contributed by atoms with Crippen LogP contribution in [0.2, 0.25) is 0 Å². The summed E-state index contributed by atoms with van der Waals surface area (Å²) < 4.78 is 5.32. The van der Waals surface area contributed by atoms with E-state index < -0.39 is 0 Å². The molecule has 3 rings (SSSR count). The van der Waals surface area contributed by atoms with Gasteiger partial charge in [0.15, 0.2) is 5.76 Å². The lowest BCUT2D eigenvalue weighted by molar-refractivity contribution is 0.580. The van der Waals surface area contributed by atoms with Gasteiger partial charge < -0.3 is 4.42 Å². The number of rotatable bonds is 2. The van der Waals surface area contributed by atoms with Crippen molar-refractivity contribution in [3.05, 3.63) is 54.3 Å². The van der Waals surface area contributed by atoms with Crippen molar-refractivity contribution in [2.24, 2.45) is 0 Å². The summed E-state index contributed by atoms with van der Waals surface area (Å²) in [7, 11) is 0. The minimum atomic E-state index is 0.802. The first-order chi connectivity index (χ1) is 8.33. The molecule has 0 atom stereocenters. The molecule has 0 saturated carbocycles. The number of nitrogens with one attached hydrogen (secondary N) is 1. The summed E-state index contributed by atoms with van der Waals surface area (Å²) in [4.78, 5) is 0. The molecule has 1 aromatic carbocycles. The Bertz CT molecular complexity index is 623. The molecule has 3 nitrogen and oxygen atoms in total. The van der Waals surface area contributed by atoms with Gasteiger partial charge in [-0.25, -0.2) is 0 Å². The Hall–Kier alpha value is -2.29. The van der Waals surface area contributed by atoms with Crippen molar-refractivity contribution in [3.63, 3.8) is 0 Å². The zero-order chi connectivity index (χ0) is 11.7. The highest BCUT2D eigenvalue weighted by Crippen LogP contribution is 2.24. The number of aromatic nitrogens is 2. The Morgan fingerprint density at radius 3 is 2.82 bits per heavy atom. The quantitative estimate of drug-likeness (QED) is 0.722. The zero-order valence-electron chi connectivity index (χ0n) is 9.47. The van der Waals surface area contributed by atoms with Gasteiger partial charge in [-0.1, -0.05) is 23.8 Å².